The zero-order chi connectivity index (χ0) is 10.4. The lowest BCUT2D eigenvalue weighted by Crippen LogP contribution is -2.24. The molecule has 2 atom stereocenters. The molecule has 3 nitrogen and oxygen atoms in total. The van der Waals surface area contributed by atoms with E-state index in [0.29, 0.717) is 12.3 Å². The van der Waals surface area contributed by atoms with Gasteiger partial charge in [0.05, 0.1) is 0 Å². The molecule has 0 saturated heterocycles. The van der Waals surface area contributed by atoms with Crippen LogP contribution in [0.15, 0.2) is 24.5 Å². The summed E-state index contributed by atoms with van der Waals surface area (Å²) >= 11 is 0. The Labute approximate surface area is 87.2 Å². The van der Waals surface area contributed by atoms with E-state index in [-0.39, 0.29) is 5.25 Å². The van der Waals surface area contributed by atoms with Crippen molar-refractivity contribution in [2.24, 2.45) is 5.73 Å². The number of aromatic nitrogens is 1. The number of hydrogen-bond donors (Lipinski definition) is 1. The average Bonchev–Trinajstić information content (AvgIpc) is 2.26. The van der Waals surface area contributed by atoms with Gasteiger partial charge in [0.1, 0.15) is 0 Å². The van der Waals surface area contributed by atoms with Crippen molar-refractivity contribution in [2.75, 3.05) is 12.3 Å². The van der Waals surface area contributed by atoms with E-state index in [1.54, 1.807) is 12.4 Å². The van der Waals surface area contributed by atoms with Crippen molar-refractivity contribution in [3.63, 3.8) is 0 Å². The summed E-state index contributed by atoms with van der Waals surface area (Å²) in [6.45, 7) is 2.41. The van der Waals surface area contributed by atoms with Crippen molar-refractivity contribution in [2.45, 2.75) is 18.6 Å². The van der Waals surface area contributed by atoms with Gasteiger partial charge in [-0.3, -0.25) is 9.19 Å². The van der Waals surface area contributed by atoms with Crippen molar-refractivity contribution in [1.82, 2.24) is 4.98 Å². The minimum atomic E-state index is -0.811. The molecule has 2 unspecified atom stereocenters. The van der Waals surface area contributed by atoms with E-state index in [1.165, 1.54) is 5.56 Å². The Morgan fingerprint density at radius 3 is 2.71 bits per heavy atom. The lowest BCUT2D eigenvalue weighted by molar-refractivity contribution is 0.672. The van der Waals surface area contributed by atoms with Crippen LogP contribution >= 0.6 is 0 Å². The fraction of sp³-hybridized carbons (Fsp3) is 0.500. The van der Waals surface area contributed by atoms with E-state index in [9.17, 15) is 4.21 Å². The standard InChI is InChI=1S/C10H16N2OS/c1-9(8-11)14(13)7-4-10-2-5-12-6-3-10/h2-3,5-6,9H,4,7-8,11H2,1H3. The number of rotatable bonds is 5. The second-order valence-corrected chi connectivity index (χ2v) is 5.21. The van der Waals surface area contributed by atoms with Crippen molar-refractivity contribution in [1.29, 1.82) is 0 Å². The molecular formula is C10H16N2OS. The largest absolute Gasteiger partial charge is 0.329 e. The van der Waals surface area contributed by atoms with Crippen molar-refractivity contribution >= 4 is 10.8 Å². The number of aryl methyl sites for hydroxylation is 1. The Morgan fingerprint density at radius 1 is 1.50 bits per heavy atom. The lowest BCUT2D eigenvalue weighted by atomic mass is 10.2. The molecule has 78 valence electrons. The first kappa shape index (κ1) is 11.3. The van der Waals surface area contributed by atoms with Crippen LogP contribution in [-0.2, 0) is 17.2 Å². The van der Waals surface area contributed by atoms with Gasteiger partial charge >= 0.3 is 0 Å². The van der Waals surface area contributed by atoms with Gasteiger partial charge in [-0.1, -0.05) is 0 Å². The van der Waals surface area contributed by atoms with Gasteiger partial charge < -0.3 is 5.73 Å². The van der Waals surface area contributed by atoms with Crippen LogP contribution < -0.4 is 5.73 Å². The molecule has 0 aliphatic rings. The van der Waals surface area contributed by atoms with Gasteiger partial charge in [0.15, 0.2) is 0 Å². The summed E-state index contributed by atoms with van der Waals surface area (Å²) in [4.78, 5) is 3.93. The van der Waals surface area contributed by atoms with Gasteiger partial charge in [-0.05, 0) is 31.0 Å². The molecule has 0 aliphatic carbocycles. The first-order valence-electron chi connectivity index (χ1n) is 4.70. The molecule has 0 aromatic carbocycles. The summed E-state index contributed by atoms with van der Waals surface area (Å²) in [7, 11) is -0.811. The van der Waals surface area contributed by atoms with Gasteiger partial charge in [-0.15, -0.1) is 0 Å². The van der Waals surface area contributed by atoms with E-state index in [0.717, 1.165) is 6.42 Å². The smallest absolute Gasteiger partial charge is 0.0442 e. The molecule has 0 fully saturated rings. The minimum absolute atomic E-state index is 0.0943. The van der Waals surface area contributed by atoms with E-state index < -0.39 is 10.8 Å². The molecule has 0 bridgehead atoms. The molecule has 2 N–H and O–H groups in total. The summed E-state index contributed by atoms with van der Waals surface area (Å²) in [5.74, 6) is 0.683. The fourth-order valence-electron chi connectivity index (χ4n) is 1.08. The molecule has 1 rings (SSSR count). The van der Waals surface area contributed by atoms with E-state index >= 15 is 0 Å². The Hall–Kier alpha value is -0.740. The number of pyridine rings is 1. The van der Waals surface area contributed by atoms with Gasteiger partial charge in [0.25, 0.3) is 0 Å². The maximum absolute atomic E-state index is 11.6. The Morgan fingerprint density at radius 2 is 2.14 bits per heavy atom. The molecule has 4 heteroatoms. The third-order valence-corrected chi connectivity index (χ3v) is 3.82. The maximum atomic E-state index is 11.6. The second-order valence-electron chi connectivity index (χ2n) is 3.24. The maximum Gasteiger partial charge on any atom is 0.0442 e. The highest BCUT2D eigenvalue weighted by molar-refractivity contribution is 7.85. The molecule has 0 amide bonds. The highest BCUT2D eigenvalue weighted by Gasteiger charge is 2.08. The summed E-state index contributed by atoms with van der Waals surface area (Å²) < 4.78 is 11.6. The van der Waals surface area contributed by atoms with E-state index in [2.05, 4.69) is 4.98 Å². The van der Waals surface area contributed by atoms with Gasteiger partial charge in [0, 0.05) is 40.7 Å². The van der Waals surface area contributed by atoms with E-state index in [4.69, 9.17) is 5.73 Å². The quantitative estimate of drug-likeness (QED) is 0.782. The predicted molar refractivity (Wildman–Crippen MR) is 59.5 cm³/mol. The molecule has 0 radical (unpaired) electrons. The number of hydrogen-bond acceptors (Lipinski definition) is 3. The fourth-order valence-corrected chi connectivity index (χ4v) is 2.13. The third kappa shape index (κ3) is 3.55. The first-order valence-corrected chi connectivity index (χ1v) is 6.08. The molecular weight excluding hydrogens is 196 g/mol. The van der Waals surface area contributed by atoms with Crippen molar-refractivity contribution in [3.8, 4) is 0 Å². The lowest BCUT2D eigenvalue weighted by Gasteiger charge is -2.07. The zero-order valence-electron chi connectivity index (χ0n) is 8.35. The molecule has 1 aromatic rings. The summed E-state index contributed by atoms with van der Waals surface area (Å²) in [6, 6.07) is 3.90. The van der Waals surface area contributed by atoms with Crippen molar-refractivity contribution in [3.05, 3.63) is 30.1 Å². The summed E-state index contributed by atoms with van der Waals surface area (Å²) in [5, 5.41) is 0.0943. The van der Waals surface area contributed by atoms with Gasteiger partial charge in [-0.2, -0.15) is 0 Å². The van der Waals surface area contributed by atoms with Crippen LogP contribution in [0.5, 0.6) is 0 Å². The topological polar surface area (TPSA) is 56.0 Å². The third-order valence-electron chi connectivity index (χ3n) is 2.12. The summed E-state index contributed by atoms with van der Waals surface area (Å²) in [6.07, 6.45) is 4.34. The van der Waals surface area contributed by atoms with Crippen LogP contribution in [0.25, 0.3) is 0 Å². The van der Waals surface area contributed by atoms with Gasteiger partial charge in [0.2, 0.25) is 0 Å². The normalized spacial score (nSPS) is 15.0. The van der Waals surface area contributed by atoms with Gasteiger partial charge in [-0.25, -0.2) is 0 Å². The van der Waals surface area contributed by atoms with Crippen LogP contribution in [0, 0.1) is 0 Å². The van der Waals surface area contributed by atoms with Crippen LogP contribution in [-0.4, -0.2) is 26.7 Å². The highest BCUT2D eigenvalue weighted by atomic mass is 32.2. The monoisotopic (exact) mass is 212 g/mol. The average molecular weight is 212 g/mol. The Balaban J connectivity index is 2.38. The molecule has 0 spiro atoms. The molecule has 1 heterocycles. The molecule has 0 aliphatic heterocycles. The van der Waals surface area contributed by atoms with Crippen LogP contribution in [0.3, 0.4) is 0 Å². The first-order chi connectivity index (χ1) is 6.74. The SMILES string of the molecule is CC(CN)S(=O)CCc1ccncc1. The van der Waals surface area contributed by atoms with E-state index in [1.807, 2.05) is 19.1 Å². The number of nitrogens with two attached hydrogens (primary N) is 1. The second kappa shape index (κ2) is 5.88. The number of nitrogens with zero attached hydrogens (tertiary/aromatic N) is 1. The molecule has 1 aromatic heterocycles. The highest BCUT2D eigenvalue weighted by Crippen LogP contribution is 2.01. The van der Waals surface area contributed by atoms with Crippen LogP contribution in [0.4, 0.5) is 0 Å². The van der Waals surface area contributed by atoms with Crippen LogP contribution in [0.2, 0.25) is 0 Å². The Bertz CT molecular complexity index is 289. The minimum Gasteiger partial charge on any atom is -0.329 e. The predicted octanol–water partition coefficient (Wildman–Crippen LogP) is 0.720. The zero-order valence-corrected chi connectivity index (χ0v) is 9.17. The molecule has 0 saturated carbocycles. The van der Waals surface area contributed by atoms with Crippen LogP contribution in [0.1, 0.15) is 12.5 Å². The molecule has 14 heavy (non-hydrogen) atoms. The summed E-state index contributed by atoms with van der Waals surface area (Å²) in [5.41, 5.74) is 6.62. The Kier molecular flexibility index (Phi) is 4.76. The van der Waals surface area contributed by atoms with Crippen molar-refractivity contribution < 1.29 is 4.21 Å².